The molecule has 1 aromatic rings. The Morgan fingerprint density at radius 1 is 1.44 bits per heavy atom. The molecular weight excluding hydrogens is 230 g/mol. The van der Waals surface area contributed by atoms with Crippen LogP contribution >= 0.6 is 0 Å². The number of ether oxygens (including phenoxy) is 2. The van der Waals surface area contributed by atoms with Crippen LogP contribution in [0.1, 0.15) is 18.9 Å². The smallest absolute Gasteiger partial charge is 0.249 e. The van der Waals surface area contributed by atoms with Gasteiger partial charge in [0, 0.05) is 7.11 Å². The van der Waals surface area contributed by atoms with E-state index >= 15 is 0 Å². The second kappa shape index (κ2) is 7.71. The maximum atomic E-state index is 11.6. The van der Waals surface area contributed by atoms with Crippen LogP contribution in [0.2, 0.25) is 0 Å². The molecule has 18 heavy (non-hydrogen) atoms. The molecule has 0 aliphatic rings. The molecule has 0 saturated carbocycles. The van der Waals surface area contributed by atoms with Gasteiger partial charge in [-0.1, -0.05) is 19.1 Å². The number of amides is 1. The molecule has 1 amide bonds. The van der Waals surface area contributed by atoms with Crippen LogP contribution in [-0.2, 0) is 9.53 Å². The summed E-state index contributed by atoms with van der Waals surface area (Å²) in [7, 11) is 1.54. The first kappa shape index (κ1) is 14.5. The Labute approximate surface area is 108 Å². The summed E-state index contributed by atoms with van der Waals surface area (Å²) in [5, 5.41) is 2.78. The Kier molecular flexibility index (Phi) is 6.22. The maximum Gasteiger partial charge on any atom is 0.249 e. The van der Waals surface area contributed by atoms with Crippen LogP contribution in [0.3, 0.4) is 0 Å². The number of methoxy groups -OCH3 is 1. The first-order chi connectivity index (χ1) is 8.67. The lowest BCUT2D eigenvalue weighted by Crippen LogP contribution is -2.37. The standard InChI is InChI=1S/C14H21NO3/c1-4-13(17-3)14(16)15-8-9-18-12-7-5-6-11(2)10-12/h5-7,10,13H,4,8-9H2,1-3H3,(H,15,16)/t13-/m1/s1. The van der Waals surface area contributed by atoms with Gasteiger partial charge in [0.2, 0.25) is 5.91 Å². The van der Waals surface area contributed by atoms with Crippen molar-refractivity contribution in [1.29, 1.82) is 0 Å². The fraction of sp³-hybridized carbons (Fsp3) is 0.500. The molecule has 0 aliphatic carbocycles. The van der Waals surface area contributed by atoms with Gasteiger partial charge in [0.15, 0.2) is 0 Å². The molecule has 0 spiro atoms. The second-order valence-corrected chi connectivity index (χ2v) is 4.09. The van der Waals surface area contributed by atoms with E-state index in [9.17, 15) is 4.79 Å². The van der Waals surface area contributed by atoms with Gasteiger partial charge in [-0.3, -0.25) is 4.79 Å². The quantitative estimate of drug-likeness (QED) is 0.753. The van der Waals surface area contributed by atoms with Crippen LogP contribution in [0.15, 0.2) is 24.3 Å². The highest BCUT2D eigenvalue weighted by Crippen LogP contribution is 2.11. The first-order valence-electron chi connectivity index (χ1n) is 6.17. The predicted octanol–water partition coefficient (Wildman–Crippen LogP) is 1.92. The monoisotopic (exact) mass is 251 g/mol. The van der Waals surface area contributed by atoms with Gasteiger partial charge >= 0.3 is 0 Å². The lowest BCUT2D eigenvalue weighted by molar-refractivity contribution is -0.131. The van der Waals surface area contributed by atoms with Gasteiger partial charge in [-0.15, -0.1) is 0 Å². The third-order valence-corrected chi connectivity index (χ3v) is 2.61. The van der Waals surface area contributed by atoms with E-state index in [1.807, 2.05) is 38.1 Å². The summed E-state index contributed by atoms with van der Waals surface area (Å²) in [6.45, 7) is 4.86. The fourth-order valence-corrected chi connectivity index (χ4v) is 1.62. The van der Waals surface area contributed by atoms with Gasteiger partial charge in [0.1, 0.15) is 18.5 Å². The fourth-order valence-electron chi connectivity index (χ4n) is 1.62. The molecule has 0 unspecified atom stereocenters. The minimum absolute atomic E-state index is 0.0900. The molecule has 0 radical (unpaired) electrons. The van der Waals surface area contributed by atoms with Crippen molar-refractivity contribution in [2.45, 2.75) is 26.4 Å². The van der Waals surface area contributed by atoms with E-state index in [-0.39, 0.29) is 12.0 Å². The van der Waals surface area contributed by atoms with Crippen molar-refractivity contribution in [3.05, 3.63) is 29.8 Å². The number of carbonyl (C=O) groups excluding carboxylic acids is 1. The van der Waals surface area contributed by atoms with Crippen LogP contribution in [-0.4, -0.2) is 32.3 Å². The molecule has 0 saturated heterocycles. The maximum absolute atomic E-state index is 11.6. The van der Waals surface area contributed by atoms with Crippen LogP contribution in [0.25, 0.3) is 0 Å². The topological polar surface area (TPSA) is 47.6 Å². The highest BCUT2D eigenvalue weighted by molar-refractivity contribution is 5.80. The highest BCUT2D eigenvalue weighted by Gasteiger charge is 2.13. The van der Waals surface area contributed by atoms with E-state index < -0.39 is 0 Å². The van der Waals surface area contributed by atoms with E-state index in [1.54, 1.807) is 0 Å². The molecule has 4 nitrogen and oxygen atoms in total. The Morgan fingerprint density at radius 2 is 2.22 bits per heavy atom. The Morgan fingerprint density at radius 3 is 2.83 bits per heavy atom. The van der Waals surface area contributed by atoms with Gasteiger partial charge in [-0.2, -0.15) is 0 Å². The van der Waals surface area contributed by atoms with E-state index in [1.165, 1.54) is 7.11 Å². The van der Waals surface area contributed by atoms with Crippen LogP contribution in [0, 0.1) is 6.92 Å². The zero-order chi connectivity index (χ0) is 13.4. The number of hydrogen-bond donors (Lipinski definition) is 1. The van der Waals surface area contributed by atoms with Crippen molar-refractivity contribution in [1.82, 2.24) is 5.32 Å². The number of hydrogen-bond acceptors (Lipinski definition) is 3. The van der Waals surface area contributed by atoms with Crippen molar-refractivity contribution in [2.24, 2.45) is 0 Å². The average molecular weight is 251 g/mol. The van der Waals surface area contributed by atoms with E-state index in [4.69, 9.17) is 9.47 Å². The number of aryl methyl sites for hydroxylation is 1. The molecule has 1 aromatic carbocycles. The number of nitrogens with one attached hydrogen (secondary N) is 1. The zero-order valence-corrected chi connectivity index (χ0v) is 11.2. The number of carbonyl (C=O) groups is 1. The second-order valence-electron chi connectivity index (χ2n) is 4.09. The third kappa shape index (κ3) is 4.75. The van der Waals surface area contributed by atoms with Crippen LogP contribution in [0.4, 0.5) is 0 Å². The largest absolute Gasteiger partial charge is 0.492 e. The van der Waals surface area contributed by atoms with Crippen LogP contribution in [0.5, 0.6) is 5.75 Å². The molecule has 100 valence electrons. The SMILES string of the molecule is CC[C@@H](OC)C(=O)NCCOc1cccc(C)c1. The molecule has 1 atom stereocenters. The van der Waals surface area contributed by atoms with Crippen molar-refractivity contribution in [2.75, 3.05) is 20.3 Å². The molecule has 4 heteroatoms. The number of benzene rings is 1. The van der Waals surface area contributed by atoms with Gasteiger partial charge in [-0.05, 0) is 31.0 Å². The molecule has 1 N–H and O–H groups in total. The summed E-state index contributed by atoms with van der Waals surface area (Å²) < 4.78 is 10.6. The molecule has 0 bridgehead atoms. The third-order valence-electron chi connectivity index (χ3n) is 2.61. The van der Waals surface area contributed by atoms with Crippen molar-refractivity contribution in [3.8, 4) is 5.75 Å². The summed E-state index contributed by atoms with van der Waals surface area (Å²) in [5.41, 5.74) is 1.15. The Hall–Kier alpha value is -1.55. The minimum atomic E-state index is -0.371. The van der Waals surface area contributed by atoms with E-state index in [2.05, 4.69) is 5.32 Å². The molecule has 0 heterocycles. The van der Waals surface area contributed by atoms with E-state index in [0.717, 1.165) is 11.3 Å². The van der Waals surface area contributed by atoms with Crippen molar-refractivity contribution < 1.29 is 14.3 Å². The Balaban J connectivity index is 2.24. The Bertz CT molecular complexity index is 375. The minimum Gasteiger partial charge on any atom is -0.492 e. The predicted molar refractivity (Wildman–Crippen MR) is 70.8 cm³/mol. The number of rotatable bonds is 7. The van der Waals surface area contributed by atoms with Crippen molar-refractivity contribution in [3.63, 3.8) is 0 Å². The summed E-state index contributed by atoms with van der Waals surface area (Å²) in [5.74, 6) is 0.732. The highest BCUT2D eigenvalue weighted by atomic mass is 16.5. The first-order valence-corrected chi connectivity index (χ1v) is 6.17. The normalized spacial score (nSPS) is 11.9. The molecule has 0 fully saturated rings. The summed E-state index contributed by atoms with van der Waals surface area (Å²) >= 11 is 0. The van der Waals surface area contributed by atoms with Gasteiger partial charge in [-0.25, -0.2) is 0 Å². The molecule has 0 aliphatic heterocycles. The van der Waals surface area contributed by atoms with E-state index in [0.29, 0.717) is 19.6 Å². The zero-order valence-electron chi connectivity index (χ0n) is 11.2. The summed E-state index contributed by atoms with van der Waals surface area (Å²) in [4.78, 5) is 11.6. The lowest BCUT2D eigenvalue weighted by Gasteiger charge is -2.13. The van der Waals surface area contributed by atoms with Crippen molar-refractivity contribution >= 4 is 5.91 Å². The summed E-state index contributed by atoms with van der Waals surface area (Å²) in [6, 6.07) is 7.82. The van der Waals surface area contributed by atoms with Gasteiger partial charge in [0.25, 0.3) is 0 Å². The van der Waals surface area contributed by atoms with Crippen LogP contribution < -0.4 is 10.1 Å². The van der Waals surface area contributed by atoms with Gasteiger partial charge in [0.05, 0.1) is 6.54 Å². The summed E-state index contributed by atoms with van der Waals surface area (Å²) in [6.07, 6.45) is 0.296. The molecule has 1 rings (SSSR count). The van der Waals surface area contributed by atoms with Gasteiger partial charge < -0.3 is 14.8 Å². The lowest BCUT2D eigenvalue weighted by atomic mass is 10.2. The molecule has 0 aromatic heterocycles. The average Bonchev–Trinajstić information content (AvgIpc) is 2.36. The molecular formula is C14H21NO3.